The number of hydrogen-bond acceptors (Lipinski definition) is 2. The van der Waals surface area contributed by atoms with Gasteiger partial charge >= 0.3 is 0 Å². The van der Waals surface area contributed by atoms with Crippen molar-refractivity contribution in [1.82, 2.24) is 9.47 Å². The number of hydrogen-bond donors (Lipinski definition) is 0. The van der Waals surface area contributed by atoms with E-state index in [4.69, 9.17) is 0 Å². The summed E-state index contributed by atoms with van der Waals surface area (Å²) in [6.07, 6.45) is 0. The van der Waals surface area contributed by atoms with Gasteiger partial charge in [-0.2, -0.15) is 0 Å². The van der Waals surface area contributed by atoms with Crippen LogP contribution in [0.2, 0.25) is 18.1 Å². The van der Waals surface area contributed by atoms with Crippen molar-refractivity contribution in [2.24, 2.45) is 0 Å². The first-order chi connectivity index (χ1) is 7.06. The van der Waals surface area contributed by atoms with Crippen molar-refractivity contribution in [1.29, 1.82) is 0 Å². The molecule has 0 radical (unpaired) electrons. The molecule has 0 rings (SSSR count). The van der Waals surface area contributed by atoms with E-state index in [1.807, 2.05) is 0 Å². The Morgan fingerprint density at radius 1 is 0.800 bits per heavy atom. The molecule has 0 aliphatic carbocycles. The summed E-state index contributed by atoms with van der Waals surface area (Å²) in [6.45, 7) is 13.0. The lowest BCUT2D eigenvalue weighted by Gasteiger charge is -2.39. The van der Waals surface area contributed by atoms with Crippen LogP contribution in [-0.4, -0.2) is 51.4 Å². The largest absolute Gasteiger partial charge is 0.325 e. The van der Waals surface area contributed by atoms with Crippen LogP contribution in [0.1, 0.15) is 27.7 Å². The third-order valence-electron chi connectivity index (χ3n) is 4.14. The second-order valence-electron chi connectivity index (χ2n) is 4.60. The molecule has 0 atom stereocenters. The monoisotopic (exact) mass is 230 g/mol. The molecule has 0 aromatic rings. The van der Waals surface area contributed by atoms with Crippen molar-refractivity contribution < 1.29 is 0 Å². The first kappa shape index (κ1) is 15.1. The maximum Gasteiger partial charge on any atom is 0.127 e. The Hall–Kier alpha value is 0.137. The normalized spacial score (nSPS) is 12.8. The van der Waals surface area contributed by atoms with Crippen LogP contribution in [0.25, 0.3) is 0 Å². The Morgan fingerprint density at radius 3 is 1.60 bits per heavy atom. The molecule has 0 unspecified atom stereocenters. The van der Waals surface area contributed by atoms with E-state index in [0.717, 1.165) is 6.54 Å². The second kappa shape index (κ2) is 7.42. The van der Waals surface area contributed by atoms with E-state index in [9.17, 15) is 0 Å². The van der Waals surface area contributed by atoms with Crippen LogP contribution in [0.5, 0.6) is 0 Å². The average molecular weight is 230 g/mol. The van der Waals surface area contributed by atoms with Gasteiger partial charge in [0.25, 0.3) is 0 Å². The topological polar surface area (TPSA) is 6.48 Å². The van der Waals surface area contributed by atoms with Crippen LogP contribution in [0, 0.1) is 0 Å². The lowest BCUT2D eigenvalue weighted by molar-refractivity contribution is 0.317. The summed E-state index contributed by atoms with van der Waals surface area (Å²) in [6, 6.07) is 4.19. The summed E-state index contributed by atoms with van der Waals surface area (Å²) in [5.74, 6) is 0. The van der Waals surface area contributed by atoms with E-state index < -0.39 is 8.24 Å². The van der Waals surface area contributed by atoms with Crippen LogP contribution in [0.3, 0.4) is 0 Å². The van der Waals surface area contributed by atoms with E-state index in [-0.39, 0.29) is 0 Å². The molecule has 0 bridgehead atoms. The predicted octanol–water partition coefficient (Wildman–Crippen LogP) is 2.88. The summed E-state index contributed by atoms with van der Waals surface area (Å²) in [7, 11) is 3.46. The fourth-order valence-corrected chi connectivity index (χ4v) is 5.97. The van der Waals surface area contributed by atoms with Crippen LogP contribution in [-0.2, 0) is 0 Å². The van der Waals surface area contributed by atoms with Crippen molar-refractivity contribution in [3.63, 3.8) is 0 Å². The Morgan fingerprint density at radius 2 is 1.27 bits per heavy atom. The van der Waals surface area contributed by atoms with Gasteiger partial charge in [-0.25, -0.2) is 0 Å². The maximum absolute atomic E-state index is 2.69. The van der Waals surface area contributed by atoms with Crippen LogP contribution < -0.4 is 0 Å². The van der Waals surface area contributed by atoms with Gasteiger partial charge in [-0.3, -0.25) is 0 Å². The highest BCUT2D eigenvalue weighted by atomic mass is 28.3. The number of likely N-dealkylation sites (N-methyl/N-ethyl adjacent to an activating group) is 2. The minimum absolute atomic E-state index is 1.09. The van der Waals surface area contributed by atoms with Crippen molar-refractivity contribution >= 4 is 8.24 Å². The van der Waals surface area contributed by atoms with Gasteiger partial charge in [0.2, 0.25) is 0 Å². The van der Waals surface area contributed by atoms with E-state index >= 15 is 0 Å². The molecule has 0 amide bonds. The van der Waals surface area contributed by atoms with Crippen LogP contribution >= 0.6 is 0 Å². The molecule has 0 N–H and O–H groups in total. The van der Waals surface area contributed by atoms with E-state index in [2.05, 4.69) is 51.3 Å². The zero-order valence-corrected chi connectivity index (χ0v) is 12.6. The summed E-state index contributed by atoms with van der Waals surface area (Å²) in [5, 5.41) is 0. The van der Waals surface area contributed by atoms with Crippen molar-refractivity contribution in [3.8, 4) is 0 Å². The van der Waals surface area contributed by atoms with E-state index in [1.54, 1.807) is 0 Å². The van der Waals surface area contributed by atoms with Gasteiger partial charge in [-0.05, 0) is 38.8 Å². The molecule has 0 saturated carbocycles. The zero-order valence-electron chi connectivity index (χ0n) is 11.6. The number of rotatable bonds is 8. The molecule has 92 valence electrons. The van der Waals surface area contributed by atoms with Crippen molar-refractivity contribution in [3.05, 3.63) is 0 Å². The average Bonchev–Trinajstić information content (AvgIpc) is 2.28. The summed E-state index contributed by atoms with van der Waals surface area (Å²) >= 11 is 0. The molecule has 0 heterocycles. The Kier molecular flexibility index (Phi) is 7.48. The molecule has 0 aromatic heterocycles. The van der Waals surface area contributed by atoms with E-state index in [1.165, 1.54) is 31.2 Å². The fourth-order valence-electron chi connectivity index (χ4n) is 2.28. The van der Waals surface area contributed by atoms with Crippen molar-refractivity contribution in [2.75, 3.05) is 33.7 Å². The van der Waals surface area contributed by atoms with Crippen LogP contribution in [0.15, 0.2) is 0 Å². The third-order valence-corrected chi connectivity index (χ3v) is 9.93. The SMILES string of the molecule is CCN(C)CCN(C)[Si](CC)(CC)CC. The Balaban J connectivity index is 4.20. The van der Waals surface area contributed by atoms with Gasteiger partial charge in [0.15, 0.2) is 0 Å². The summed E-state index contributed by atoms with van der Waals surface area (Å²) in [5.41, 5.74) is 0. The third kappa shape index (κ3) is 4.25. The summed E-state index contributed by atoms with van der Waals surface area (Å²) in [4.78, 5) is 2.40. The molecular weight excluding hydrogens is 200 g/mol. The molecule has 0 spiro atoms. The van der Waals surface area contributed by atoms with Gasteiger partial charge in [-0.1, -0.05) is 27.7 Å². The molecule has 2 nitrogen and oxygen atoms in total. The minimum Gasteiger partial charge on any atom is -0.325 e. The highest BCUT2D eigenvalue weighted by Crippen LogP contribution is 2.23. The molecule has 0 saturated heterocycles. The smallest absolute Gasteiger partial charge is 0.127 e. The highest BCUT2D eigenvalue weighted by Gasteiger charge is 2.31. The molecule has 0 aliphatic heterocycles. The van der Waals surface area contributed by atoms with Gasteiger partial charge in [0, 0.05) is 13.1 Å². The molecule has 0 aliphatic rings. The molecule has 0 aromatic carbocycles. The highest BCUT2D eigenvalue weighted by molar-refractivity contribution is 6.76. The molecule has 3 heteroatoms. The number of nitrogens with zero attached hydrogens (tertiary/aromatic N) is 2. The van der Waals surface area contributed by atoms with Gasteiger partial charge in [0.1, 0.15) is 8.24 Å². The first-order valence-electron chi connectivity index (χ1n) is 6.46. The van der Waals surface area contributed by atoms with Crippen LogP contribution in [0.4, 0.5) is 0 Å². The quantitative estimate of drug-likeness (QED) is 0.592. The second-order valence-corrected chi connectivity index (χ2v) is 9.94. The Labute approximate surface area is 97.7 Å². The van der Waals surface area contributed by atoms with Gasteiger partial charge in [0.05, 0.1) is 0 Å². The van der Waals surface area contributed by atoms with Gasteiger partial charge < -0.3 is 9.47 Å². The Bertz CT molecular complexity index is 149. The fraction of sp³-hybridized carbons (Fsp3) is 1.00. The molecule has 0 fully saturated rings. The lowest BCUT2D eigenvalue weighted by atomic mass is 10.5. The standard InChI is InChI=1S/C12H30N2Si/c1-7-13(5)11-12-14(6)15(8-2,9-3)10-4/h7-12H2,1-6H3. The maximum atomic E-state index is 2.69. The van der Waals surface area contributed by atoms with Gasteiger partial charge in [-0.15, -0.1) is 0 Å². The molecular formula is C12H30N2Si. The van der Waals surface area contributed by atoms with Crippen molar-refractivity contribution in [2.45, 2.75) is 45.8 Å². The molecule has 15 heavy (non-hydrogen) atoms. The first-order valence-corrected chi connectivity index (χ1v) is 9.02. The predicted molar refractivity (Wildman–Crippen MR) is 73.0 cm³/mol. The zero-order chi connectivity index (χ0) is 11.9. The lowest BCUT2D eigenvalue weighted by Crippen LogP contribution is -2.52. The minimum atomic E-state index is -1.09. The summed E-state index contributed by atoms with van der Waals surface area (Å²) < 4.78 is 2.69. The van der Waals surface area contributed by atoms with E-state index in [0.29, 0.717) is 0 Å².